The van der Waals surface area contributed by atoms with E-state index in [0.717, 1.165) is 12.8 Å². The first-order valence-corrected chi connectivity index (χ1v) is 8.87. The van der Waals surface area contributed by atoms with Crippen molar-refractivity contribution in [3.8, 4) is 5.75 Å². The average Bonchev–Trinajstić information content (AvgIpc) is 2.55. The molecule has 0 saturated heterocycles. The molecule has 1 N–H and O–H groups in total. The summed E-state index contributed by atoms with van der Waals surface area (Å²) in [6, 6.07) is 4.37. The minimum absolute atomic E-state index is 0.0936. The van der Waals surface area contributed by atoms with Crippen LogP contribution in [0.3, 0.4) is 0 Å². The Balaban J connectivity index is 2.45. The molecule has 1 aromatic carbocycles. The van der Waals surface area contributed by atoms with Crippen molar-refractivity contribution in [2.75, 3.05) is 6.61 Å². The van der Waals surface area contributed by atoms with Gasteiger partial charge in [-0.25, -0.2) is 4.52 Å². The zero-order valence-electron chi connectivity index (χ0n) is 13.9. The average molecular weight is 357 g/mol. The molecule has 0 bridgehead atoms. The summed E-state index contributed by atoms with van der Waals surface area (Å²) in [7, 11) is -2.36. The molecule has 0 fully saturated rings. The monoisotopic (exact) mass is 357 g/mol. The maximum Gasteiger partial charge on any atom is 0.664 e. The summed E-state index contributed by atoms with van der Waals surface area (Å²) in [4.78, 5) is 21.9. The van der Waals surface area contributed by atoms with E-state index < -0.39 is 25.1 Å². The van der Waals surface area contributed by atoms with Gasteiger partial charge in [-0.3, -0.25) is 14.9 Å². The Bertz CT molecular complexity index is 574. The number of nitro groups is 1. The largest absolute Gasteiger partial charge is 0.664 e. The van der Waals surface area contributed by atoms with Crippen LogP contribution in [0, 0.1) is 16.0 Å². The Kier molecular flexibility index (Phi) is 8.29. The van der Waals surface area contributed by atoms with E-state index in [2.05, 4.69) is 5.09 Å². The first-order chi connectivity index (χ1) is 11.4. The quantitative estimate of drug-likeness (QED) is 0.295. The normalized spacial score (nSPS) is 12.6. The SMILES string of the molecule is CCC(CC)COC(=O)C(C)N[P+](=O)Oc1ccc([N+](=O)[O-])cc1. The van der Waals surface area contributed by atoms with Gasteiger partial charge in [-0.2, -0.15) is 0 Å². The van der Waals surface area contributed by atoms with Crippen LogP contribution in [0.5, 0.6) is 5.75 Å². The second-order valence-corrected chi connectivity index (χ2v) is 6.22. The van der Waals surface area contributed by atoms with Crippen LogP contribution in [0.25, 0.3) is 0 Å². The molecule has 0 saturated carbocycles. The fourth-order valence-corrected chi connectivity index (χ4v) is 2.60. The maximum absolute atomic E-state index is 11.9. The van der Waals surface area contributed by atoms with Gasteiger partial charge in [0.25, 0.3) is 5.69 Å². The number of nitrogens with one attached hydrogen (secondary N) is 1. The molecule has 0 aliphatic heterocycles. The highest BCUT2D eigenvalue weighted by atomic mass is 31.1. The number of rotatable bonds is 10. The van der Waals surface area contributed by atoms with Crippen LogP contribution in [-0.2, 0) is 14.1 Å². The molecule has 9 heteroatoms. The lowest BCUT2D eigenvalue weighted by molar-refractivity contribution is -0.384. The molecule has 8 nitrogen and oxygen atoms in total. The van der Waals surface area contributed by atoms with Gasteiger partial charge < -0.3 is 4.74 Å². The van der Waals surface area contributed by atoms with E-state index in [9.17, 15) is 19.5 Å². The zero-order valence-corrected chi connectivity index (χ0v) is 14.8. The van der Waals surface area contributed by atoms with Crippen LogP contribution in [0.4, 0.5) is 5.69 Å². The lowest BCUT2D eigenvalue weighted by atomic mass is 10.1. The van der Waals surface area contributed by atoms with Crippen molar-refractivity contribution in [2.45, 2.75) is 39.7 Å². The Morgan fingerprint density at radius 1 is 1.29 bits per heavy atom. The third-order valence-electron chi connectivity index (χ3n) is 3.50. The Morgan fingerprint density at radius 3 is 2.38 bits per heavy atom. The molecule has 0 aliphatic carbocycles. The van der Waals surface area contributed by atoms with Gasteiger partial charge in [0, 0.05) is 16.7 Å². The highest BCUT2D eigenvalue weighted by Crippen LogP contribution is 2.26. The fourth-order valence-electron chi connectivity index (χ4n) is 1.81. The van der Waals surface area contributed by atoms with E-state index in [1.807, 2.05) is 13.8 Å². The highest BCUT2D eigenvalue weighted by Gasteiger charge is 2.29. The first kappa shape index (κ1) is 20.0. The molecule has 2 atom stereocenters. The molecule has 1 rings (SSSR count). The molecule has 0 aromatic heterocycles. The van der Waals surface area contributed by atoms with Crippen molar-refractivity contribution < 1.29 is 23.5 Å². The lowest BCUT2D eigenvalue weighted by Gasteiger charge is -2.13. The second-order valence-electron chi connectivity index (χ2n) is 5.26. The van der Waals surface area contributed by atoms with Crippen LogP contribution < -0.4 is 9.61 Å². The highest BCUT2D eigenvalue weighted by molar-refractivity contribution is 7.37. The van der Waals surface area contributed by atoms with Crippen LogP contribution in [-0.4, -0.2) is 23.5 Å². The van der Waals surface area contributed by atoms with Crippen molar-refractivity contribution in [3.05, 3.63) is 34.4 Å². The number of hydrogen-bond donors (Lipinski definition) is 1. The number of nitrogens with zero attached hydrogens (tertiary/aromatic N) is 1. The van der Waals surface area contributed by atoms with Crippen LogP contribution in [0.1, 0.15) is 33.6 Å². The summed E-state index contributed by atoms with van der Waals surface area (Å²) in [5, 5.41) is 13.1. The maximum atomic E-state index is 11.9. The van der Waals surface area contributed by atoms with Crippen molar-refractivity contribution in [3.63, 3.8) is 0 Å². The van der Waals surface area contributed by atoms with Crippen molar-refractivity contribution in [1.82, 2.24) is 5.09 Å². The molecule has 2 unspecified atom stereocenters. The predicted molar refractivity (Wildman–Crippen MR) is 89.0 cm³/mol. The van der Waals surface area contributed by atoms with E-state index in [4.69, 9.17) is 9.26 Å². The predicted octanol–water partition coefficient (Wildman–Crippen LogP) is 3.59. The molecule has 0 spiro atoms. The van der Waals surface area contributed by atoms with Gasteiger partial charge in [0.2, 0.25) is 0 Å². The number of carbonyl (C=O) groups excluding carboxylic acids is 1. The molecular weight excluding hydrogens is 335 g/mol. The second kappa shape index (κ2) is 9.95. The summed E-state index contributed by atoms with van der Waals surface area (Å²) in [5.74, 6) is 0.00984. The number of ether oxygens (including phenoxy) is 1. The van der Waals surface area contributed by atoms with Gasteiger partial charge >= 0.3 is 14.1 Å². The van der Waals surface area contributed by atoms with Crippen LogP contribution in [0.2, 0.25) is 0 Å². The van der Waals surface area contributed by atoms with Crippen molar-refractivity contribution in [1.29, 1.82) is 0 Å². The number of carbonyl (C=O) groups is 1. The van der Waals surface area contributed by atoms with E-state index in [1.165, 1.54) is 31.2 Å². The van der Waals surface area contributed by atoms with Crippen LogP contribution >= 0.6 is 8.18 Å². The molecule has 0 heterocycles. The van der Waals surface area contributed by atoms with Gasteiger partial charge in [0.05, 0.1) is 11.5 Å². The van der Waals surface area contributed by atoms with E-state index in [1.54, 1.807) is 0 Å². The van der Waals surface area contributed by atoms with Crippen LogP contribution in [0.15, 0.2) is 24.3 Å². The summed E-state index contributed by atoms with van der Waals surface area (Å²) >= 11 is 0. The summed E-state index contributed by atoms with van der Waals surface area (Å²) in [6.45, 7) is 5.91. The molecule has 0 radical (unpaired) electrons. The van der Waals surface area contributed by atoms with Gasteiger partial charge in [-0.1, -0.05) is 31.8 Å². The van der Waals surface area contributed by atoms with Gasteiger partial charge in [-0.15, -0.1) is 0 Å². The molecule has 0 amide bonds. The molecule has 24 heavy (non-hydrogen) atoms. The number of non-ortho nitro benzene ring substituents is 1. The molecule has 132 valence electrons. The lowest BCUT2D eigenvalue weighted by Crippen LogP contribution is -2.32. The van der Waals surface area contributed by atoms with E-state index in [-0.39, 0.29) is 11.4 Å². The minimum atomic E-state index is -2.36. The summed E-state index contributed by atoms with van der Waals surface area (Å²) < 4.78 is 22.2. The van der Waals surface area contributed by atoms with Crippen molar-refractivity contribution >= 4 is 19.8 Å². The fraction of sp³-hybridized carbons (Fsp3) is 0.533. The Labute approximate surface area is 141 Å². The third kappa shape index (κ3) is 6.60. The third-order valence-corrected chi connectivity index (χ3v) is 4.48. The number of hydrogen-bond acceptors (Lipinski definition) is 6. The summed E-state index contributed by atoms with van der Waals surface area (Å²) in [5.41, 5.74) is -0.0936. The Hall–Kier alpha value is -2.05. The van der Waals surface area contributed by atoms with E-state index >= 15 is 0 Å². The Morgan fingerprint density at radius 2 is 1.88 bits per heavy atom. The molecule has 0 aliphatic rings. The standard InChI is InChI=1S/C15H22N2O6P/c1-4-12(5-2)10-22-15(18)11(3)16-24(21)23-14-8-6-13(7-9-14)17(19)20/h6-9,11-12H,4-5,10H2,1-3H3,(H,16,21)/q+1. The van der Waals surface area contributed by atoms with Gasteiger partial charge in [-0.05, 0) is 25.0 Å². The number of esters is 1. The molecule has 1 aromatic rings. The first-order valence-electron chi connectivity index (χ1n) is 7.69. The topological polar surface area (TPSA) is 108 Å². The summed E-state index contributed by atoms with van der Waals surface area (Å²) in [6.07, 6.45) is 1.84. The zero-order chi connectivity index (χ0) is 18.1. The number of benzene rings is 1. The van der Waals surface area contributed by atoms with E-state index in [0.29, 0.717) is 12.5 Å². The van der Waals surface area contributed by atoms with Gasteiger partial charge in [0.15, 0.2) is 5.75 Å². The van der Waals surface area contributed by atoms with Gasteiger partial charge in [0.1, 0.15) is 6.04 Å². The van der Waals surface area contributed by atoms with Crippen molar-refractivity contribution in [2.24, 2.45) is 5.92 Å². The minimum Gasteiger partial charge on any atom is -0.464 e. The number of nitro benzene ring substituents is 1. The smallest absolute Gasteiger partial charge is 0.464 e. The molecular formula is C15H22N2O6P+.